The predicted molar refractivity (Wildman–Crippen MR) is 79.7 cm³/mol. The van der Waals surface area contributed by atoms with Crippen LogP contribution in [0.25, 0.3) is 0 Å². The Labute approximate surface area is 124 Å². The van der Waals surface area contributed by atoms with Crippen LogP contribution in [-0.2, 0) is 29.5 Å². The lowest BCUT2D eigenvalue weighted by Gasteiger charge is -2.15. The first kappa shape index (κ1) is 15.5. The third-order valence-electron chi connectivity index (χ3n) is 3.77. The largest absolute Gasteiger partial charge is 0.346 e. The molecule has 0 bridgehead atoms. The maximum atomic E-state index is 12.0. The highest BCUT2D eigenvalue weighted by atomic mass is 16.2. The number of carbonyl (C=O) groups excluding carboxylic acids is 2. The molecule has 7 heteroatoms. The van der Waals surface area contributed by atoms with E-state index in [1.807, 2.05) is 13.8 Å². The number of nitrogens with zero attached hydrogens (tertiary/aromatic N) is 2. The van der Waals surface area contributed by atoms with Crippen LogP contribution >= 0.6 is 0 Å². The average molecular weight is 293 g/mol. The van der Waals surface area contributed by atoms with Gasteiger partial charge < -0.3 is 16.4 Å². The van der Waals surface area contributed by atoms with Gasteiger partial charge in [-0.2, -0.15) is 5.10 Å². The van der Waals surface area contributed by atoms with E-state index in [1.165, 1.54) is 0 Å². The zero-order valence-corrected chi connectivity index (χ0v) is 12.8. The summed E-state index contributed by atoms with van der Waals surface area (Å²) in [6, 6.07) is -0.598. The van der Waals surface area contributed by atoms with E-state index in [9.17, 15) is 9.59 Å². The van der Waals surface area contributed by atoms with Crippen LogP contribution in [0.3, 0.4) is 0 Å². The van der Waals surface area contributed by atoms with Crippen molar-refractivity contribution >= 4 is 17.6 Å². The van der Waals surface area contributed by atoms with Gasteiger partial charge in [-0.05, 0) is 25.2 Å². The van der Waals surface area contributed by atoms with Crippen molar-refractivity contribution in [3.63, 3.8) is 0 Å². The van der Waals surface area contributed by atoms with Gasteiger partial charge >= 0.3 is 0 Å². The molecule has 1 aliphatic carbocycles. The zero-order chi connectivity index (χ0) is 15.6. The second-order valence-corrected chi connectivity index (χ2v) is 5.79. The van der Waals surface area contributed by atoms with E-state index < -0.39 is 6.04 Å². The number of amides is 2. The highest BCUT2D eigenvalue weighted by Gasteiger charge is 2.22. The van der Waals surface area contributed by atoms with E-state index in [2.05, 4.69) is 15.7 Å². The molecule has 7 nitrogen and oxygen atoms in total. The summed E-state index contributed by atoms with van der Waals surface area (Å²) in [5.74, 6) is 0.190. The minimum Gasteiger partial charge on any atom is -0.346 e. The zero-order valence-electron chi connectivity index (χ0n) is 12.8. The number of fused-ring (bicyclic) bond motifs is 1. The van der Waals surface area contributed by atoms with Crippen molar-refractivity contribution in [2.45, 2.75) is 39.2 Å². The molecule has 0 radical (unpaired) electrons. The molecule has 0 spiro atoms. The number of aryl methyl sites for hydroxylation is 2. The van der Waals surface area contributed by atoms with Gasteiger partial charge in [0.25, 0.3) is 0 Å². The summed E-state index contributed by atoms with van der Waals surface area (Å²) in [6.07, 6.45) is 2.96. The lowest BCUT2D eigenvalue weighted by atomic mass is 10.1. The molecule has 0 unspecified atom stereocenters. The summed E-state index contributed by atoms with van der Waals surface area (Å²) in [5.41, 5.74) is 7.88. The van der Waals surface area contributed by atoms with E-state index >= 15 is 0 Å². The Balaban J connectivity index is 1.90. The minimum absolute atomic E-state index is 0.0356. The second kappa shape index (κ2) is 6.26. The van der Waals surface area contributed by atoms with Crippen molar-refractivity contribution in [2.24, 2.45) is 18.7 Å². The van der Waals surface area contributed by atoms with E-state index in [0.717, 1.165) is 36.3 Å². The summed E-state index contributed by atoms with van der Waals surface area (Å²) in [6.45, 7) is 3.64. The molecule has 116 valence electrons. The molecule has 1 aromatic rings. The molecule has 2 amide bonds. The van der Waals surface area contributed by atoms with Crippen LogP contribution < -0.4 is 16.4 Å². The number of hydrogen-bond donors (Lipinski definition) is 3. The summed E-state index contributed by atoms with van der Waals surface area (Å²) >= 11 is 0. The molecule has 1 atom stereocenters. The van der Waals surface area contributed by atoms with Crippen molar-refractivity contribution < 1.29 is 9.59 Å². The average Bonchev–Trinajstić information content (AvgIpc) is 2.98. The minimum atomic E-state index is -0.598. The fourth-order valence-electron chi connectivity index (χ4n) is 2.44. The van der Waals surface area contributed by atoms with Gasteiger partial charge in [-0.3, -0.25) is 14.3 Å². The van der Waals surface area contributed by atoms with Crippen molar-refractivity contribution in [2.75, 3.05) is 11.9 Å². The molecule has 0 saturated carbocycles. The molecule has 1 aliphatic rings. The molecule has 21 heavy (non-hydrogen) atoms. The molecule has 0 saturated heterocycles. The summed E-state index contributed by atoms with van der Waals surface area (Å²) in [5, 5.41) is 9.76. The first-order valence-electron chi connectivity index (χ1n) is 7.28. The van der Waals surface area contributed by atoms with Gasteiger partial charge in [0.1, 0.15) is 5.82 Å². The number of rotatable bonds is 5. The lowest BCUT2D eigenvalue weighted by molar-refractivity contribution is -0.125. The Morgan fingerprint density at radius 1 is 1.38 bits per heavy atom. The Hall–Kier alpha value is -1.89. The molecule has 0 fully saturated rings. The maximum Gasteiger partial charge on any atom is 0.244 e. The fourth-order valence-corrected chi connectivity index (χ4v) is 2.44. The van der Waals surface area contributed by atoms with Gasteiger partial charge in [0.2, 0.25) is 11.8 Å². The van der Waals surface area contributed by atoms with E-state index in [1.54, 1.807) is 11.7 Å². The number of aromatic nitrogens is 2. The molecule has 2 rings (SSSR count). The maximum absolute atomic E-state index is 12.0. The number of hydrogen-bond acceptors (Lipinski definition) is 4. The smallest absolute Gasteiger partial charge is 0.244 e. The molecule has 0 aliphatic heterocycles. The topological polar surface area (TPSA) is 102 Å². The van der Waals surface area contributed by atoms with Crippen molar-refractivity contribution in [1.82, 2.24) is 15.1 Å². The Kier molecular flexibility index (Phi) is 4.62. The van der Waals surface area contributed by atoms with Crippen molar-refractivity contribution in [1.29, 1.82) is 0 Å². The SMILES string of the molecule is CC(C)[C@H](N)C(=O)NCC(=O)Nc1c2c(nn1C)CCC2. The standard InChI is InChI=1S/C14H23N5O2/c1-8(2)12(15)14(21)16-7-11(20)17-13-9-5-4-6-10(9)18-19(13)3/h8,12H,4-7,15H2,1-3H3,(H,16,21)(H,17,20)/t12-/m0/s1. The van der Waals surface area contributed by atoms with Crippen LogP contribution in [0.5, 0.6) is 0 Å². The molecular weight excluding hydrogens is 270 g/mol. The first-order chi connectivity index (χ1) is 9.90. The third-order valence-corrected chi connectivity index (χ3v) is 3.77. The second-order valence-electron chi connectivity index (χ2n) is 5.79. The van der Waals surface area contributed by atoms with Gasteiger partial charge in [0.05, 0.1) is 18.3 Å². The predicted octanol–water partition coefficient (Wildman–Crippen LogP) is -0.0532. The molecule has 0 aromatic carbocycles. The number of anilines is 1. The first-order valence-corrected chi connectivity index (χ1v) is 7.28. The third kappa shape index (κ3) is 3.41. The highest BCUT2D eigenvalue weighted by Crippen LogP contribution is 2.27. The summed E-state index contributed by atoms with van der Waals surface area (Å²) < 4.78 is 1.68. The number of nitrogens with two attached hydrogens (primary N) is 1. The Morgan fingerprint density at radius 3 is 2.76 bits per heavy atom. The van der Waals surface area contributed by atoms with Crippen LogP contribution in [0, 0.1) is 5.92 Å². The van der Waals surface area contributed by atoms with Gasteiger partial charge in [-0.15, -0.1) is 0 Å². The normalized spacial score (nSPS) is 14.9. The van der Waals surface area contributed by atoms with Crippen molar-refractivity contribution in [3.8, 4) is 0 Å². The van der Waals surface area contributed by atoms with Crippen LogP contribution in [0.4, 0.5) is 5.82 Å². The quantitative estimate of drug-likeness (QED) is 0.708. The molecule has 4 N–H and O–H groups in total. The van der Waals surface area contributed by atoms with E-state index in [0.29, 0.717) is 0 Å². The number of nitrogens with one attached hydrogen (secondary N) is 2. The summed E-state index contributed by atoms with van der Waals surface area (Å²) in [7, 11) is 1.81. The Bertz CT molecular complexity index is 550. The Morgan fingerprint density at radius 2 is 2.10 bits per heavy atom. The monoisotopic (exact) mass is 293 g/mol. The highest BCUT2D eigenvalue weighted by molar-refractivity contribution is 5.95. The summed E-state index contributed by atoms with van der Waals surface area (Å²) in [4.78, 5) is 23.7. The number of carbonyl (C=O) groups is 2. The van der Waals surface area contributed by atoms with Gasteiger partial charge in [0, 0.05) is 12.6 Å². The van der Waals surface area contributed by atoms with Gasteiger partial charge in [-0.25, -0.2) is 0 Å². The lowest BCUT2D eigenvalue weighted by Crippen LogP contribution is -2.46. The van der Waals surface area contributed by atoms with E-state index in [4.69, 9.17) is 5.73 Å². The van der Waals surface area contributed by atoms with Crippen LogP contribution in [0.2, 0.25) is 0 Å². The molecule has 1 aromatic heterocycles. The van der Waals surface area contributed by atoms with Crippen LogP contribution in [-0.4, -0.2) is 34.2 Å². The fraction of sp³-hybridized carbons (Fsp3) is 0.643. The van der Waals surface area contributed by atoms with Crippen molar-refractivity contribution in [3.05, 3.63) is 11.3 Å². The van der Waals surface area contributed by atoms with Gasteiger partial charge in [0.15, 0.2) is 0 Å². The van der Waals surface area contributed by atoms with Gasteiger partial charge in [-0.1, -0.05) is 13.8 Å². The molecular formula is C14H23N5O2. The van der Waals surface area contributed by atoms with E-state index in [-0.39, 0.29) is 24.3 Å². The van der Waals surface area contributed by atoms with Crippen LogP contribution in [0.15, 0.2) is 0 Å². The molecule has 1 heterocycles. The van der Waals surface area contributed by atoms with Crippen LogP contribution in [0.1, 0.15) is 31.5 Å².